The standard InChI is InChI=1S/C19H18Cl2N2O3/c1-24-15-3-5-16(6-4-15)25-13-26-19(11-23-9-8-22-12-23)17-7-2-14(20)10-18(17)21/h2-10,12,19H,11,13H2,1H3/t19-/m1/s1. The first-order valence-electron chi connectivity index (χ1n) is 7.95. The van der Waals surface area contributed by atoms with E-state index in [2.05, 4.69) is 4.98 Å². The first-order chi connectivity index (χ1) is 12.7. The van der Waals surface area contributed by atoms with Crippen molar-refractivity contribution in [1.29, 1.82) is 0 Å². The first-order valence-corrected chi connectivity index (χ1v) is 8.70. The molecule has 0 unspecified atom stereocenters. The number of ether oxygens (including phenoxy) is 3. The number of halogens is 2. The Balaban J connectivity index is 1.68. The van der Waals surface area contributed by atoms with Crippen LogP contribution in [0.15, 0.2) is 61.2 Å². The van der Waals surface area contributed by atoms with E-state index in [-0.39, 0.29) is 12.9 Å². The Kier molecular flexibility index (Phi) is 6.39. The fourth-order valence-corrected chi connectivity index (χ4v) is 2.98. The van der Waals surface area contributed by atoms with Gasteiger partial charge in [0, 0.05) is 28.0 Å². The maximum absolute atomic E-state index is 6.35. The summed E-state index contributed by atoms with van der Waals surface area (Å²) >= 11 is 12.3. The lowest BCUT2D eigenvalue weighted by Gasteiger charge is -2.20. The molecule has 0 aliphatic heterocycles. The normalized spacial score (nSPS) is 12.0. The van der Waals surface area contributed by atoms with E-state index in [1.807, 2.05) is 41.1 Å². The van der Waals surface area contributed by atoms with Crippen LogP contribution in [-0.4, -0.2) is 23.5 Å². The number of hydrogen-bond acceptors (Lipinski definition) is 4. The highest BCUT2D eigenvalue weighted by Gasteiger charge is 2.17. The van der Waals surface area contributed by atoms with Crippen molar-refractivity contribution in [1.82, 2.24) is 9.55 Å². The van der Waals surface area contributed by atoms with Crippen molar-refractivity contribution in [3.05, 3.63) is 76.8 Å². The Morgan fingerprint density at radius 1 is 1.08 bits per heavy atom. The van der Waals surface area contributed by atoms with Crippen LogP contribution in [-0.2, 0) is 11.3 Å². The summed E-state index contributed by atoms with van der Waals surface area (Å²) in [5.41, 5.74) is 0.836. The molecule has 0 bridgehead atoms. The van der Waals surface area contributed by atoms with Gasteiger partial charge in [-0.15, -0.1) is 0 Å². The van der Waals surface area contributed by atoms with Crippen LogP contribution >= 0.6 is 23.2 Å². The van der Waals surface area contributed by atoms with Gasteiger partial charge in [-0.3, -0.25) is 0 Å². The highest BCUT2D eigenvalue weighted by molar-refractivity contribution is 6.35. The summed E-state index contributed by atoms with van der Waals surface area (Å²) in [6.07, 6.45) is 5.00. The van der Waals surface area contributed by atoms with E-state index in [0.29, 0.717) is 22.3 Å². The average molecular weight is 393 g/mol. The number of nitrogens with zero attached hydrogens (tertiary/aromatic N) is 2. The second kappa shape index (κ2) is 8.94. The zero-order valence-electron chi connectivity index (χ0n) is 14.1. The summed E-state index contributed by atoms with van der Waals surface area (Å²) in [6.45, 7) is 0.623. The van der Waals surface area contributed by atoms with Gasteiger partial charge in [-0.1, -0.05) is 29.3 Å². The van der Waals surface area contributed by atoms with Gasteiger partial charge in [-0.25, -0.2) is 4.98 Å². The van der Waals surface area contributed by atoms with Crippen molar-refractivity contribution < 1.29 is 14.2 Å². The van der Waals surface area contributed by atoms with Crippen LogP contribution in [0, 0.1) is 0 Å². The summed E-state index contributed by atoms with van der Waals surface area (Å²) in [4.78, 5) is 4.06. The Bertz CT molecular complexity index is 823. The van der Waals surface area contributed by atoms with Crippen LogP contribution in [0.1, 0.15) is 11.7 Å². The number of hydrogen-bond donors (Lipinski definition) is 0. The monoisotopic (exact) mass is 392 g/mol. The molecule has 1 atom stereocenters. The van der Waals surface area contributed by atoms with Crippen molar-refractivity contribution in [2.75, 3.05) is 13.9 Å². The Morgan fingerprint density at radius 2 is 1.85 bits per heavy atom. The molecule has 0 spiro atoms. The van der Waals surface area contributed by atoms with Crippen molar-refractivity contribution in [3.8, 4) is 11.5 Å². The molecule has 3 rings (SSSR count). The van der Waals surface area contributed by atoms with E-state index in [1.165, 1.54) is 0 Å². The molecule has 7 heteroatoms. The molecule has 0 saturated carbocycles. The van der Waals surface area contributed by atoms with E-state index in [9.17, 15) is 0 Å². The smallest absolute Gasteiger partial charge is 0.189 e. The number of aromatic nitrogens is 2. The molecule has 3 aromatic rings. The van der Waals surface area contributed by atoms with Crippen LogP contribution in [0.25, 0.3) is 0 Å². The van der Waals surface area contributed by atoms with Gasteiger partial charge in [0.25, 0.3) is 0 Å². The van der Waals surface area contributed by atoms with Crippen LogP contribution in [0.3, 0.4) is 0 Å². The summed E-state index contributed by atoms with van der Waals surface area (Å²) in [7, 11) is 1.62. The topological polar surface area (TPSA) is 45.5 Å². The van der Waals surface area contributed by atoms with Gasteiger partial charge in [0.1, 0.15) is 17.6 Å². The lowest BCUT2D eigenvalue weighted by atomic mass is 10.1. The highest BCUT2D eigenvalue weighted by atomic mass is 35.5. The van der Waals surface area contributed by atoms with Gasteiger partial charge in [0.2, 0.25) is 0 Å². The zero-order valence-corrected chi connectivity index (χ0v) is 15.7. The van der Waals surface area contributed by atoms with Crippen LogP contribution in [0.5, 0.6) is 11.5 Å². The number of methoxy groups -OCH3 is 1. The van der Waals surface area contributed by atoms with Crippen molar-refractivity contribution in [2.45, 2.75) is 12.6 Å². The molecular weight excluding hydrogens is 375 g/mol. The van der Waals surface area contributed by atoms with Crippen molar-refractivity contribution >= 4 is 23.2 Å². The summed E-state index contributed by atoms with van der Waals surface area (Å²) < 4.78 is 18.7. The van der Waals surface area contributed by atoms with Gasteiger partial charge < -0.3 is 18.8 Å². The molecule has 0 amide bonds. The SMILES string of the molecule is COc1ccc(OCO[C@H](Cn2ccnc2)c2ccc(Cl)cc2Cl)cc1. The summed E-state index contributed by atoms with van der Waals surface area (Å²) in [5.74, 6) is 1.46. The average Bonchev–Trinajstić information content (AvgIpc) is 3.15. The number of benzene rings is 2. The highest BCUT2D eigenvalue weighted by Crippen LogP contribution is 2.30. The number of rotatable bonds is 8. The second-order valence-electron chi connectivity index (χ2n) is 5.52. The van der Waals surface area contributed by atoms with E-state index in [0.717, 1.165) is 11.3 Å². The zero-order chi connectivity index (χ0) is 18.4. The summed E-state index contributed by atoms with van der Waals surface area (Å²) in [5, 5.41) is 1.13. The third kappa shape index (κ3) is 4.91. The molecule has 0 aliphatic carbocycles. The quantitative estimate of drug-likeness (QED) is 0.506. The third-order valence-corrected chi connectivity index (χ3v) is 4.36. The lowest BCUT2D eigenvalue weighted by Crippen LogP contribution is -2.15. The van der Waals surface area contributed by atoms with Gasteiger partial charge >= 0.3 is 0 Å². The molecule has 0 saturated heterocycles. The lowest BCUT2D eigenvalue weighted by molar-refractivity contribution is -0.0445. The maximum atomic E-state index is 6.35. The predicted molar refractivity (Wildman–Crippen MR) is 101 cm³/mol. The van der Waals surface area contributed by atoms with E-state index >= 15 is 0 Å². The molecule has 5 nitrogen and oxygen atoms in total. The molecule has 1 heterocycles. The molecule has 136 valence electrons. The van der Waals surface area contributed by atoms with Gasteiger partial charge in [0.15, 0.2) is 6.79 Å². The fourth-order valence-electron chi connectivity index (χ4n) is 2.45. The van der Waals surface area contributed by atoms with E-state index < -0.39 is 0 Å². The Morgan fingerprint density at radius 3 is 2.50 bits per heavy atom. The molecule has 0 aliphatic rings. The minimum atomic E-state index is -0.313. The third-order valence-electron chi connectivity index (χ3n) is 3.80. The van der Waals surface area contributed by atoms with Crippen molar-refractivity contribution in [2.24, 2.45) is 0 Å². The molecule has 1 aromatic heterocycles. The van der Waals surface area contributed by atoms with Crippen LogP contribution in [0.2, 0.25) is 10.0 Å². The molecule has 26 heavy (non-hydrogen) atoms. The molecule has 2 aromatic carbocycles. The van der Waals surface area contributed by atoms with Gasteiger partial charge in [-0.2, -0.15) is 0 Å². The largest absolute Gasteiger partial charge is 0.497 e. The second-order valence-corrected chi connectivity index (χ2v) is 6.36. The van der Waals surface area contributed by atoms with Crippen molar-refractivity contribution in [3.63, 3.8) is 0 Å². The molecule has 0 fully saturated rings. The maximum Gasteiger partial charge on any atom is 0.189 e. The molecule has 0 N–H and O–H groups in total. The van der Waals surface area contributed by atoms with Crippen LogP contribution in [0.4, 0.5) is 0 Å². The molecular formula is C19H18Cl2N2O3. The van der Waals surface area contributed by atoms with Gasteiger partial charge in [-0.05, 0) is 36.4 Å². The van der Waals surface area contributed by atoms with Gasteiger partial charge in [0.05, 0.1) is 20.0 Å². The van der Waals surface area contributed by atoms with E-state index in [1.54, 1.807) is 31.8 Å². The predicted octanol–water partition coefficient (Wildman–Crippen LogP) is 4.99. The fraction of sp³-hybridized carbons (Fsp3) is 0.211. The summed E-state index contributed by atoms with van der Waals surface area (Å²) in [6, 6.07) is 12.7. The molecule has 0 radical (unpaired) electrons. The minimum absolute atomic E-state index is 0.0741. The van der Waals surface area contributed by atoms with Crippen LogP contribution < -0.4 is 9.47 Å². The Hall–Kier alpha value is -2.21. The minimum Gasteiger partial charge on any atom is -0.497 e. The number of imidazole rings is 1. The van der Waals surface area contributed by atoms with E-state index in [4.69, 9.17) is 37.4 Å². The Labute approximate surface area is 162 Å². The first kappa shape index (κ1) is 18.6.